The third-order valence-corrected chi connectivity index (χ3v) is 3.21. The van der Waals surface area contributed by atoms with E-state index in [1.165, 1.54) is 0 Å². The third-order valence-electron chi connectivity index (χ3n) is 3.21. The maximum absolute atomic E-state index is 5.86. The lowest BCUT2D eigenvalue weighted by Gasteiger charge is -2.44. The standard InChI is InChI=1S/C12H24O5/c1-6-7-8-9(13-2)10(14-3)11(15-4)12(16-5)17-8/h8-12H,6-7H2,1-5H3. The number of hydrogen-bond donors (Lipinski definition) is 0. The Hall–Kier alpha value is -0.200. The number of methoxy groups -OCH3 is 4. The van der Waals surface area contributed by atoms with Crippen LogP contribution in [0.25, 0.3) is 0 Å². The Morgan fingerprint density at radius 3 is 1.82 bits per heavy atom. The summed E-state index contributed by atoms with van der Waals surface area (Å²) in [7, 11) is 6.56. The molecule has 1 rings (SSSR count). The van der Waals surface area contributed by atoms with E-state index in [0.717, 1.165) is 12.8 Å². The van der Waals surface area contributed by atoms with E-state index < -0.39 is 6.29 Å². The zero-order chi connectivity index (χ0) is 12.8. The van der Waals surface area contributed by atoms with Crippen LogP contribution in [-0.4, -0.2) is 59.1 Å². The molecule has 5 unspecified atom stereocenters. The maximum Gasteiger partial charge on any atom is 0.186 e. The average Bonchev–Trinajstić information content (AvgIpc) is 2.37. The van der Waals surface area contributed by atoms with Gasteiger partial charge in [-0.2, -0.15) is 0 Å². The molecule has 1 saturated heterocycles. The van der Waals surface area contributed by atoms with E-state index >= 15 is 0 Å². The highest BCUT2D eigenvalue weighted by atomic mass is 16.7. The van der Waals surface area contributed by atoms with Crippen LogP contribution in [0, 0.1) is 0 Å². The molecule has 0 amide bonds. The van der Waals surface area contributed by atoms with E-state index in [9.17, 15) is 0 Å². The van der Waals surface area contributed by atoms with Gasteiger partial charge in [0.15, 0.2) is 6.29 Å². The van der Waals surface area contributed by atoms with Crippen LogP contribution in [0.1, 0.15) is 19.8 Å². The van der Waals surface area contributed by atoms with Crippen molar-refractivity contribution >= 4 is 0 Å². The summed E-state index contributed by atoms with van der Waals surface area (Å²) < 4.78 is 27.6. The van der Waals surface area contributed by atoms with Crippen molar-refractivity contribution in [1.29, 1.82) is 0 Å². The van der Waals surface area contributed by atoms with Gasteiger partial charge in [0.1, 0.15) is 18.3 Å². The zero-order valence-electron chi connectivity index (χ0n) is 11.3. The summed E-state index contributed by atoms with van der Waals surface area (Å²) in [5, 5.41) is 0. The first kappa shape index (κ1) is 14.9. The summed E-state index contributed by atoms with van der Waals surface area (Å²) in [5.74, 6) is 0. The molecule has 0 aromatic heterocycles. The number of hydrogen-bond acceptors (Lipinski definition) is 5. The van der Waals surface area contributed by atoms with Crippen molar-refractivity contribution < 1.29 is 23.7 Å². The van der Waals surface area contributed by atoms with Crippen molar-refractivity contribution in [2.75, 3.05) is 28.4 Å². The van der Waals surface area contributed by atoms with Crippen molar-refractivity contribution in [3.05, 3.63) is 0 Å². The maximum atomic E-state index is 5.86. The molecule has 0 aliphatic carbocycles. The van der Waals surface area contributed by atoms with E-state index in [4.69, 9.17) is 23.7 Å². The zero-order valence-corrected chi connectivity index (χ0v) is 11.3. The lowest BCUT2D eigenvalue weighted by molar-refractivity contribution is -0.303. The minimum Gasteiger partial charge on any atom is -0.376 e. The molecule has 1 heterocycles. The van der Waals surface area contributed by atoms with Gasteiger partial charge in [0.2, 0.25) is 0 Å². The molecule has 102 valence electrons. The van der Waals surface area contributed by atoms with Crippen LogP contribution in [-0.2, 0) is 23.7 Å². The molecule has 0 aromatic rings. The van der Waals surface area contributed by atoms with E-state index in [1.807, 2.05) is 0 Å². The predicted molar refractivity (Wildman–Crippen MR) is 63.0 cm³/mol. The summed E-state index contributed by atoms with van der Waals surface area (Å²) in [6, 6.07) is 0. The molecule has 0 N–H and O–H groups in total. The first-order chi connectivity index (χ1) is 8.23. The van der Waals surface area contributed by atoms with Crippen LogP contribution >= 0.6 is 0 Å². The molecule has 1 aliphatic heterocycles. The fourth-order valence-electron chi connectivity index (χ4n) is 2.39. The highest BCUT2D eigenvalue weighted by molar-refractivity contribution is 4.91. The minimum absolute atomic E-state index is 0.0219. The van der Waals surface area contributed by atoms with Crippen LogP contribution in [0.15, 0.2) is 0 Å². The molecular weight excluding hydrogens is 224 g/mol. The Balaban J connectivity index is 2.84. The average molecular weight is 248 g/mol. The highest BCUT2D eigenvalue weighted by Crippen LogP contribution is 2.29. The van der Waals surface area contributed by atoms with Gasteiger partial charge in [-0.1, -0.05) is 13.3 Å². The van der Waals surface area contributed by atoms with E-state index in [1.54, 1.807) is 28.4 Å². The van der Waals surface area contributed by atoms with Gasteiger partial charge in [-0.3, -0.25) is 0 Å². The van der Waals surface area contributed by atoms with Gasteiger partial charge in [-0.15, -0.1) is 0 Å². The quantitative estimate of drug-likeness (QED) is 0.707. The highest BCUT2D eigenvalue weighted by Gasteiger charge is 2.46. The van der Waals surface area contributed by atoms with Crippen LogP contribution in [0.3, 0.4) is 0 Å². The summed E-state index contributed by atoms with van der Waals surface area (Å²) in [6.07, 6.45) is 0.919. The monoisotopic (exact) mass is 248 g/mol. The van der Waals surface area contributed by atoms with Crippen LogP contribution in [0.4, 0.5) is 0 Å². The molecule has 5 heteroatoms. The molecule has 0 spiro atoms. The Kier molecular flexibility index (Phi) is 6.37. The van der Waals surface area contributed by atoms with E-state index in [2.05, 4.69) is 6.92 Å². The second-order valence-electron chi connectivity index (χ2n) is 4.17. The summed E-state index contributed by atoms with van der Waals surface area (Å²) in [4.78, 5) is 0. The normalized spacial score (nSPS) is 38.3. The summed E-state index contributed by atoms with van der Waals surface area (Å²) >= 11 is 0. The van der Waals surface area contributed by atoms with Gasteiger partial charge >= 0.3 is 0 Å². The van der Waals surface area contributed by atoms with Crippen molar-refractivity contribution in [2.45, 2.75) is 50.5 Å². The first-order valence-corrected chi connectivity index (χ1v) is 6.00. The van der Waals surface area contributed by atoms with E-state index in [0.29, 0.717) is 0 Å². The Morgan fingerprint density at radius 1 is 0.824 bits per heavy atom. The minimum atomic E-state index is -0.409. The molecule has 5 nitrogen and oxygen atoms in total. The van der Waals surface area contributed by atoms with Gasteiger partial charge in [0.05, 0.1) is 6.10 Å². The molecule has 17 heavy (non-hydrogen) atoms. The fraction of sp³-hybridized carbons (Fsp3) is 1.00. The van der Waals surface area contributed by atoms with Crippen molar-refractivity contribution in [2.24, 2.45) is 0 Å². The van der Waals surface area contributed by atoms with Gasteiger partial charge in [-0.05, 0) is 6.42 Å². The Labute approximate surface area is 103 Å². The molecule has 0 bridgehead atoms. The van der Waals surface area contributed by atoms with Gasteiger partial charge in [-0.25, -0.2) is 0 Å². The van der Waals surface area contributed by atoms with Crippen LogP contribution in [0.5, 0.6) is 0 Å². The summed E-state index contributed by atoms with van der Waals surface area (Å²) in [6.45, 7) is 2.11. The molecule has 5 atom stereocenters. The second kappa shape index (κ2) is 7.28. The van der Waals surface area contributed by atoms with Gasteiger partial charge in [0, 0.05) is 28.4 Å². The van der Waals surface area contributed by atoms with Gasteiger partial charge < -0.3 is 23.7 Å². The predicted octanol–water partition coefficient (Wildman–Crippen LogP) is 1.20. The van der Waals surface area contributed by atoms with Crippen molar-refractivity contribution in [3.8, 4) is 0 Å². The molecule has 1 fully saturated rings. The van der Waals surface area contributed by atoms with Crippen molar-refractivity contribution in [3.63, 3.8) is 0 Å². The topological polar surface area (TPSA) is 46.2 Å². The smallest absolute Gasteiger partial charge is 0.186 e. The molecule has 0 radical (unpaired) electrons. The van der Waals surface area contributed by atoms with Crippen LogP contribution < -0.4 is 0 Å². The largest absolute Gasteiger partial charge is 0.376 e. The SMILES string of the molecule is CCCC1OC(OC)C(OC)C(OC)C1OC. The lowest BCUT2D eigenvalue weighted by atomic mass is 9.95. The van der Waals surface area contributed by atoms with Crippen LogP contribution in [0.2, 0.25) is 0 Å². The van der Waals surface area contributed by atoms with Crippen molar-refractivity contribution in [1.82, 2.24) is 0 Å². The third kappa shape index (κ3) is 3.17. The molecule has 0 saturated carbocycles. The molecule has 1 aliphatic rings. The second-order valence-corrected chi connectivity index (χ2v) is 4.17. The first-order valence-electron chi connectivity index (χ1n) is 6.00. The van der Waals surface area contributed by atoms with Gasteiger partial charge in [0.25, 0.3) is 0 Å². The van der Waals surface area contributed by atoms with E-state index in [-0.39, 0.29) is 24.4 Å². The molecule has 0 aromatic carbocycles. The molecular formula is C12H24O5. The fourth-order valence-corrected chi connectivity index (χ4v) is 2.39. The Morgan fingerprint density at radius 2 is 1.41 bits per heavy atom. The Bertz CT molecular complexity index is 211. The number of rotatable bonds is 6. The summed E-state index contributed by atoms with van der Waals surface area (Å²) in [5.41, 5.74) is 0. The lowest BCUT2D eigenvalue weighted by Crippen LogP contribution is -2.59. The number of ether oxygens (including phenoxy) is 5.